The van der Waals surface area contributed by atoms with Crippen molar-refractivity contribution in [1.82, 2.24) is 15.1 Å². The number of rotatable bonds is 4. The Morgan fingerprint density at radius 2 is 2.21 bits per heavy atom. The Morgan fingerprint density at radius 3 is 2.89 bits per heavy atom. The van der Waals surface area contributed by atoms with Crippen LogP contribution in [0.3, 0.4) is 0 Å². The van der Waals surface area contributed by atoms with Crippen molar-refractivity contribution < 1.29 is 4.79 Å². The van der Waals surface area contributed by atoms with Crippen LogP contribution in [0.1, 0.15) is 21.5 Å². The molecular formula is C14H16BrN3O. The maximum atomic E-state index is 12.1. The van der Waals surface area contributed by atoms with Crippen molar-refractivity contribution in [3.8, 4) is 0 Å². The second-order valence-electron chi connectivity index (χ2n) is 4.50. The summed E-state index contributed by atoms with van der Waals surface area (Å²) in [5.74, 6) is -0.0531. The molecule has 2 rings (SSSR count). The topological polar surface area (TPSA) is 46.9 Å². The van der Waals surface area contributed by atoms with Gasteiger partial charge in [0.2, 0.25) is 0 Å². The van der Waals surface area contributed by atoms with Crippen molar-refractivity contribution in [1.29, 1.82) is 0 Å². The molecular weight excluding hydrogens is 306 g/mol. The molecule has 1 heterocycles. The Bertz CT molecular complexity index is 592. The Balaban J connectivity index is 1.92. The number of halogens is 1. The van der Waals surface area contributed by atoms with E-state index in [1.165, 1.54) is 0 Å². The van der Waals surface area contributed by atoms with Gasteiger partial charge in [0, 0.05) is 22.8 Å². The predicted molar refractivity (Wildman–Crippen MR) is 78.2 cm³/mol. The van der Waals surface area contributed by atoms with Crippen LogP contribution >= 0.6 is 15.9 Å². The average molecular weight is 322 g/mol. The van der Waals surface area contributed by atoms with Gasteiger partial charge in [-0.05, 0) is 37.1 Å². The third-order valence-electron chi connectivity index (χ3n) is 2.83. The quantitative estimate of drug-likeness (QED) is 0.941. The minimum absolute atomic E-state index is 0.0531. The molecule has 0 saturated heterocycles. The number of benzene rings is 1. The highest BCUT2D eigenvalue weighted by Crippen LogP contribution is 2.15. The van der Waals surface area contributed by atoms with E-state index in [0.29, 0.717) is 18.7 Å². The van der Waals surface area contributed by atoms with Crippen molar-refractivity contribution in [3.63, 3.8) is 0 Å². The molecule has 19 heavy (non-hydrogen) atoms. The molecule has 0 bridgehead atoms. The molecule has 0 fully saturated rings. The van der Waals surface area contributed by atoms with Gasteiger partial charge in [-0.2, -0.15) is 5.10 Å². The van der Waals surface area contributed by atoms with E-state index in [2.05, 4.69) is 26.3 Å². The zero-order valence-electron chi connectivity index (χ0n) is 11.0. The van der Waals surface area contributed by atoms with Crippen LogP contribution < -0.4 is 5.32 Å². The fourth-order valence-corrected chi connectivity index (χ4v) is 2.17. The largest absolute Gasteiger partial charge is 0.350 e. The van der Waals surface area contributed by atoms with Gasteiger partial charge >= 0.3 is 0 Å². The van der Waals surface area contributed by atoms with E-state index in [1.807, 2.05) is 42.9 Å². The first-order valence-corrected chi connectivity index (χ1v) is 6.89. The maximum absolute atomic E-state index is 12.1. The fraction of sp³-hybridized carbons (Fsp3) is 0.286. The summed E-state index contributed by atoms with van der Waals surface area (Å²) in [5.41, 5.74) is 2.79. The minimum atomic E-state index is -0.0531. The highest BCUT2D eigenvalue weighted by atomic mass is 79.9. The van der Waals surface area contributed by atoms with E-state index in [1.54, 1.807) is 6.20 Å². The number of carbonyl (C=O) groups excluding carboxylic acids is 1. The van der Waals surface area contributed by atoms with Crippen LogP contribution in [0.5, 0.6) is 0 Å². The molecule has 0 spiro atoms. The van der Waals surface area contributed by atoms with E-state index in [4.69, 9.17) is 0 Å². The van der Waals surface area contributed by atoms with E-state index >= 15 is 0 Å². The zero-order valence-corrected chi connectivity index (χ0v) is 12.6. The Morgan fingerprint density at radius 1 is 1.42 bits per heavy atom. The van der Waals surface area contributed by atoms with Crippen LogP contribution in [-0.4, -0.2) is 22.2 Å². The molecule has 0 aliphatic rings. The number of carbonyl (C=O) groups is 1. The number of hydrogen-bond donors (Lipinski definition) is 1. The summed E-state index contributed by atoms with van der Waals surface area (Å²) < 4.78 is 2.73. The molecule has 2 aromatic rings. The van der Waals surface area contributed by atoms with Crippen molar-refractivity contribution in [2.75, 3.05) is 6.54 Å². The van der Waals surface area contributed by atoms with Gasteiger partial charge in [0.25, 0.3) is 5.91 Å². The van der Waals surface area contributed by atoms with E-state index in [0.717, 1.165) is 15.6 Å². The SMILES string of the molecule is Cc1cnn(CCNC(=O)c2cc(Br)ccc2C)c1. The normalized spacial score (nSPS) is 10.5. The first-order chi connectivity index (χ1) is 9.06. The number of amides is 1. The average Bonchev–Trinajstić information content (AvgIpc) is 2.78. The lowest BCUT2D eigenvalue weighted by Crippen LogP contribution is -2.27. The van der Waals surface area contributed by atoms with Gasteiger partial charge in [-0.15, -0.1) is 0 Å². The third kappa shape index (κ3) is 3.67. The lowest BCUT2D eigenvalue weighted by Gasteiger charge is -2.08. The summed E-state index contributed by atoms with van der Waals surface area (Å²) in [6, 6.07) is 5.69. The van der Waals surface area contributed by atoms with Crippen LogP contribution in [0.4, 0.5) is 0 Å². The summed E-state index contributed by atoms with van der Waals surface area (Å²) in [4.78, 5) is 12.1. The molecule has 4 nitrogen and oxygen atoms in total. The molecule has 1 amide bonds. The summed E-state index contributed by atoms with van der Waals surface area (Å²) in [6.45, 7) is 5.16. The summed E-state index contributed by atoms with van der Waals surface area (Å²) >= 11 is 3.38. The standard InChI is InChI=1S/C14H16BrN3O/c1-10-8-17-18(9-10)6-5-16-14(19)13-7-12(15)4-3-11(13)2/h3-4,7-9H,5-6H2,1-2H3,(H,16,19). The Hall–Kier alpha value is -1.62. The highest BCUT2D eigenvalue weighted by Gasteiger charge is 2.08. The van der Waals surface area contributed by atoms with Crippen LogP contribution in [0.15, 0.2) is 35.1 Å². The Labute approximate surface area is 120 Å². The van der Waals surface area contributed by atoms with Crippen LogP contribution in [0, 0.1) is 13.8 Å². The van der Waals surface area contributed by atoms with Gasteiger partial charge in [0.15, 0.2) is 0 Å². The van der Waals surface area contributed by atoms with Crippen LogP contribution in [0.25, 0.3) is 0 Å². The van der Waals surface area contributed by atoms with Crippen molar-refractivity contribution in [2.45, 2.75) is 20.4 Å². The number of aryl methyl sites for hydroxylation is 2. The zero-order chi connectivity index (χ0) is 13.8. The molecule has 0 saturated carbocycles. The smallest absolute Gasteiger partial charge is 0.251 e. The second kappa shape index (κ2) is 6.02. The Kier molecular flexibility index (Phi) is 4.37. The lowest BCUT2D eigenvalue weighted by atomic mass is 10.1. The molecule has 0 unspecified atom stereocenters. The molecule has 100 valence electrons. The van der Waals surface area contributed by atoms with Gasteiger partial charge in [0.1, 0.15) is 0 Å². The highest BCUT2D eigenvalue weighted by molar-refractivity contribution is 9.10. The summed E-state index contributed by atoms with van der Waals surface area (Å²) in [5, 5.41) is 7.08. The molecule has 0 atom stereocenters. The monoisotopic (exact) mass is 321 g/mol. The van der Waals surface area contributed by atoms with Crippen molar-refractivity contribution in [2.24, 2.45) is 0 Å². The van der Waals surface area contributed by atoms with Crippen molar-refractivity contribution in [3.05, 3.63) is 51.8 Å². The number of aromatic nitrogens is 2. The molecule has 1 aromatic carbocycles. The number of nitrogens with one attached hydrogen (secondary N) is 1. The molecule has 0 aliphatic carbocycles. The first kappa shape index (κ1) is 13.8. The molecule has 5 heteroatoms. The molecule has 0 radical (unpaired) electrons. The molecule has 1 aromatic heterocycles. The second-order valence-corrected chi connectivity index (χ2v) is 5.41. The van der Waals surface area contributed by atoms with Gasteiger partial charge in [-0.3, -0.25) is 9.48 Å². The summed E-state index contributed by atoms with van der Waals surface area (Å²) in [7, 11) is 0. The minimum Gasteiger partial charge on any atom is -0.350 e. The van der Waals surface area contributed by atoms with E-state index in [-0.39, 0.29) is 5.91 Å². The third-order valence-corrected chi connectivity index (χ3v) is 3.33. The van der Waals surface area contributed by atoms with Crippen molar-refractivity contribution >= 4 is 21.8 Å². The number of nitrogens with zero attached hydrogens (tertiary/aromatic N) is 2. The van der Waals surface area contributed by atoms with Crippen LogP contribution in [0.2, 0.25) is 0 Å². The summed E-state index contributed by atoms with van der Waals surface area (Å²) in [6.07, 6.45) is 3.76. The molecule has 1 N–H and O–H groups in total. The fourth-order valence-electron chi connectivity index (χ4n) is 1.81. The number of hydrogen-bond acceptors (Lipinski definition) is 2. The first-order valence-electron chi connectivity index (χ1n) is 6.09. The van der Waals surface area contributed by atoms with Gasteiger partial charge < -0.3 is 5.32 Å². The lowest BCUT2D eigenvalue weighted by molar-refractivity contribution is 0.0951. The molecule has 0 aliphatic heterocycles. The van der Waals surface area contributed by atoms with Gasteiger partial charge in [-0.25, -0.2) is 0 Å². The maximum Gasteiger partial charge on any atom is 0.251 e. The van der Waals surface area contributed by atoms with E-state index < -0.39 is 0 Å². The van der Waals surface area contributed by atoms with Crippen LogP contribution in [-0.2, 0) is 6.54 Å². The van der Waals surface area contributed by atoms with E-state index in [9.17, 15) is 4.79 Å². The van der Waals surface area contributed by atoms with Gasteiger partial charge in [-0.1, -0.05) is 22.0 Å². The predicted octanol–water partition coefficient (Wildman–Crippen LogP) is 2.69. The van der Waals surface area contributed by atoms with Gasteiger partial charge in [0.05, 0.1) is 12.7 Å².